The van der Waals surface area contributed by atoms with Crippen molar-refractivity contribution in [2.24, 2.45) is 0 Å². The van der Waals surface area contributed by atoms with Gasteiger partial charge < -0.3 is 9.30 Å². The quantitative estimate of drug-likeness (QED) is 0.123. The van der Waals surface area contributed by atoms with Gasteiger partial charge in [-0.05, 0) is 87.6 Å². The monoisotopic (exact) mass is 961 g/mol. The van der Waals surface area contributed by atoms with Crippen LogP contribution >= 0.6 is 0 Å². The zero-order valence-electron chi connectivity index (χ0n) is 42.5. The van der Waals surface area contributed by atoms with E-state index in [4.69, 9.17) is 22.1 Å². The van der Waals surface area contributed by atoms with Crippen molar-refractivity contribution in [1.29, 1.82) is 0 Å². The van der Waals surface area contributed by atoms with E-state index in [-0.39, 0.29) is 32.0 Å². The molecule has 294 valence electrons. The minimum Gasteiger partial charge on any atom is -0.509 e. The van der Waals surface area contributed by atoms with Crippen molar-refractivity contribution in [2.45, 2.75) is 72.9 Å². The van der Waals surface area contributed by atoms with Gasteiger partial charge in [0.1, 0.15) is 11.5 Å². The number of nitrogens with zero attached hydrogens (tertiary/aromatic N) is 5. The van der Waals surface area contributed by atoms with E-state index in [9.17, 15) is 0 Å². The van der Waals surface area contributed by atoms with E-state index < -0.39 is 26.0 Å². The number of aromatic nitrogens is 3. The van der Waals surface area contributed by atoms with Crippen molar-refractivity contribution in [3.05, 3.63) is 162 Å². The van der Waals surface area contributed by atoms with Crippen LogP contribution in [-0.2, 0) is 31.9 Å². The van der Waals surface area contributed by atoms with Gasteiger partial charge in [-0.15, -0.1) is 29.1 Å². The Kier molecular flexibility index (Phi) is 7.68. The Morgan fingerprint density at radius 3 is 2.15 bits per heavy atom. The van der Waals surface area contributed by atoms with E-state index in [2.05, 4.69) is 87.4 Å². The van der Waals surface area contributed by atoms with E-state index in [0.717, 1.165) is 66.7 Å². The molecule has 1 aliphatic heterocycles. The molecule has 4 heterocycles. The minimum absolute atomic E-state index is 0. The van der Waals surface area contributed by atoms with Gasteiger partial charge in [0.2, 0.25) is 5.69 Å². The van der Waals surface area contributed by atoms with Crippen LogP contribution in [0.4, 0.5) is 22.7 Å². The molecule has 0 fully saturated rings. The van der Waals surface area contributed by atoms with Crippen LogP contribution in [0.5, 0.6) is 11.5 Å². The number of pyridine rings is 2. The fraction of sp³-hybridized carbons (Fsp3) is 0.212. The fourth-order valence-electron chi connectivity index (χ4n) is 7.97. The van der Waals surface area contributed by atoms with Crippen molar-refractivity contribution in [1.82, 2.24) is 23.7 Å². The molecule has 1 aliphatic rings. The molecule has 6 nitrogen and oxygen atoms in total. The summed E-state index contributed by atoms with van der Waals surface area (Å²) < 4.78 is 86.4. The van der Waals surface area contributed by atoms with E-state index in [1.165, 1.54) is 24.3 Å². The molecule has 0 N–H and O–H groups in total. The summed E-state index contributed by atoms with van der Waals surface area (Å²) in [6.45, 7) is 2.59. The fourth-order valence-corrected chi connectivity index (χ4v) is 7.97. The van der Waals surface area contributed by atoms with Crippen LogP contribution < -0.4 is 13.9 Å². The third-order valence-electron chi connectivity index (χ3n) is 10.7. The van der Waals surface area contributed by atoms with Gasteiger partial charge in [0.25, 0.3) is 11.4 Å². The molecule has 0 radical (unpaired) electrons. The molecule has 8 aromatic rings. The summed E-state index contributed by atoms with van der Waals surface area (Å²) in [6, 6.07) is 42.0. The molecule has 5 aromatic carbocycles. The first-order chi connectivity index (χ1) is 31.5. The van der Waals surface area contributed by atoms with Gasteiger partial charge in [0.05, 0.1) is 11.7 Å². The molecule has 0 aliphatic carbocycles. The Morgan fingerprint density at radius 1 is 0.712 bits per heavy atom. The molecule has 7 heteroatoms. The van der Waals surface area contributed by atoms with Crippen LogP contribution in [0.2, 0.25) is 0 Å². The molecule has 0 saturated heterocycles. The second kappa shape index (κ2) is 15.0. The van der Waals surface area contributed by atoms with Crippen LogP contribution in [-0.4, -0.2) is 20.5 Å². The summed E-state index contributed by atoms with van der Waals surface area (Å²) in [6.07, 6.45) is 5.44. The van der Waals surface area contributed by atoms with Crippen LogP contribution in [0, 0.1) is 32.9 Å². The Morgan fingerprint density at radius 2 is 1.44 bits per heavy atom. The molecule has 0 unspecified atom stereocenters. The van der Waals surface area contributed by atoms with Crippen molar-refractivity contribution < 1.29 is 38.1 Å². The summed E-state index contributed by atoms with van der Waals surface area (Å²) in [4.78, 5) is 9.27. The van der Waals surface area contributed by atoms with Gasteiger partial charge in [-0.3, -0.25) is 4.98 Å². The van der Waals surface area contributed by atoms with Crippen molar-refractivity contribution >= 4 is 50.6 Å². The van der Waals surface area contributed by atoms with E-state index in [1.807, 2.05) is 77.6 Å². The summed E-state index contributed by atoms with van der Waals surface area (Å²) in [5.41, 5.74) is 6.94. The number of aryl methyl sites for hydroxylation is 3. The number of ether oxygens (including phenoxy) is 1. The van der Waals surface area contributed by atoms with Gasteiger partial charge in [-0.1, -0.05) is 106 Å². The summed E-state index contributed by atoms with van der Waals surface area (Å²) in [5.74, 6) is 1.60. The predicted molar refractivity (Wildman–Crippen MR) is 238 cm³/mol. The van der Waals surface area contributed by atoms with E-state index >= 15 is 0 Å². The van der Waals surface area contributed by atoms with Crippen LogP contribution in [0.1, 0.15) is 81.5 Å². The van der Waals surface area contributed by atoms with Crippen molar-refractivity contribution in [3.63, 3.8) is 0 Å². The predicted octanol–water partition coefficient (Wildman–Crippen LogP) is 13.0. The third kappa shape index (κ3) is 7.37. The van der Waals surface area contributed by atoms with E-state index in [1.54, 1.807) is 10.8 Å². The number of benzene rings is 5. The molecule has 0 spiro atoms. The number of para-hydroxylation sites is 2. The smallest absolute Gasteiger partial charge is 0.509 e. The van der Waals surface area contributed by atoms with Gasteiger partial charge in [-0.25, -0.2) is 4.98 Å². The van der Waals surface area contributed by atoms with E-state index in [0.29, 0.717) is 28.6 Å². The Hall–Kier alpha value is -5.93. The molecular formula is C52H47N5OPt+2. The van der Waals surface area contributed by atoms with Gasteiger partial charge in [-0.2, -0.15) is 6.07 Å². The first-order valence-electron chi connectivity index (χ1n) is 23.6. The second-order valence-electron chi connectivity index (χ2n) is 16.0. The SMILES string of the molecule is [2H]C([2H])([2H])C(c1ccc([N+]2=C=[N+](c3[c-]c(Oc4[c-]c5c(cc4)c4ccncc4n5-c4cc(C(C)(C)C)ccn4)cc(-c4c(C)cc(C)cc4C)c3)c3ccccc32)cc1)(C([2H])([2H])[2H])C([2H])([2H])[2H].[Pt+2]. The molecule has 9 rings (SSSR count). The normalized spacial score (nSPS) is 15.5. The maximum Gasteiger partial charge on any atom is 2.00 e. The Labute approximate surface area is 374 Å². The Balaban J connectivity index is 0.00000625. The molecule has 3 aromatic heterocycles. The number of hydrogen-bond acceptors (Lipinski definition) is 3. The van der Waals surface area contributed by atoms with Crippen LogP contribution in [0.25, 0.3) is 38.8 Å². The van der Waals surface area contributed by atoms with Crippen LogP contribution in [0.15, 0.2) is 122 Å². The average molecular weight is 962 g/mol. The first kappa shape index (κ1) is 30.2. The minimum atomic E-state index is -3.39. The summed E-state index contributed by atoms with van der Waals surface area (Å²) in [5, 5.41) is 1.96. The second-order valence-corrected chi connectivity index (χ2v) is 16.0. The topological polar surface area (TPSA) is 46.0 Å². The zero-order valence-corrected chi connectivity index (χ0v) is 35.8. The van der Waals surface area contributed by atoms with Crippen molar-refractivity contribution in [3.8, 4) is 28.4 Å². The third-order valence-corrected chi connectivity index (χ3v) is 10.7. The zero-order chi connectivity index (χ0) is 48.0. The van der Waals surface area contributed by atoms with Gasteiger partial charge in [0, 0.05) is 60.5 Å². The number of hydrogen-bond donors (Lipinski definition) is 0. The maximum absolute atomic E-state index is 8.22. The first-order valence-corrected chi connectivity index (χ1v) is 19.1. The molecule has 0 saturated carbocycles. The standard InChI is InChI=1S/C52H47N5O.Pt/c1-33-24-34(2)50(35(3)25-33)36-26-40(56-32-55(45-12-10-11-13-46(45)56)39-16-14-37(15-17-39)51(4,5)6)29-42(27-36)58-41-18-19-43-44-21-22-53-31-48(44)57(47(43)30-41)49-28-38(20-23-54-49)52(7,8)9;/h10-28,31H,1-9H3;/q;+2/i4D3,5D3,6D3;. The largest absolute Gasteiger partial charge is 2.00 e. The summed E-state index contributed by atoms with van der Waals surface area (Å²) in [7, 11) is 0. The van der Waals surface area contributed by atoms with Gasteiger partial charge in [0.15, 0.2) is 0 Å². The molecule has 0 atom stereocenters. The maximum atomic E-state index is 8.22. The average Bonchev–Trinajstić information content (AvgIpc) is 3.78. The Bertz CT molecular complexity index is 3300. The number of rotatable bonds is 6. The summed E-state index contributed by atoms with van der Waals surface area (Å²) >= 11 is 0. The molecule has 59 heavy (non-hydrogen) atoms. The molecule has 0 bridgehead atoms. The van der Waals surface area contributed by atoms with Gasteiger partial charge >= 0.3 is 27.1 Å². The molecular weight excluding hydrogens is 906 g/mol. The van der Waals surface area contributed by atoms with Crippen LogP contribution in [0.3, 0.4) is 0 Å². The van der Waals surface area contributed by atoms with Crippen molar-refractivity contribution in [2.75, 3.05) is 0 Å². The molecule has 0 amide bonds. The number of fused-ring (bicyclic) bond motifs is 4.